The highest BCUT2D eigenvalue weighted by Gasteiger charge is 2.30. The van der Waals surface area contributed by atoms with Crippen LogP contribution in [0.4, 0.5) is 19.0 Å². The molecule has 2 heterocycles. The Morgan fingerprint density at radius 2 is 1.68 bits per heavy atom. The highest BCUT2D eigenvalue weighted by molar-refractivity contribution is 5.40. The van der Waals surface area contributed by atoms with Crippen LogP contribution in [0.3, 0.4) is 0 Å². The van der Waals surface area contributed by atoms with Crippen molar-refractivity contribution in [2.75, 3.05) is 18.0 Å². The van der Waals surface area contributed by atoms with Crippen molar-refractivity contribution in [2.45, 2.75) is 33.6 Å². The molecule has 0 aliphatic carbocycles. The predicted molar refractivity (Wildman–Crippen MR) is 68.5 cm³/mol. The third kappa shape index (κ3) is 3.01. The van der Waals surface area contributed by atoms with Gasteiger partial charge in [-0.3, -0.25) is 0 Å². The van der Waals surface area contributed by atoms with E-state index in [1.54, 1.807) is 4.90 Å². The average Bonchev–Trinajstić information content (AvgIpc) is 2.33. The van der Waals surface area contributed by atoms with Crippen LogP contribution in [0, 0.1) is 28.9 Å². The molecule has 2 nitrogen and oxygen atoms in total. The molecule has 0 spiro atoms. The summed E-state index contributed by atoms with van der Waals surface area (Å²) < 4.78 is 39.6. The van der Waals surface area contributed by atoms with Gasteiger partial charge in [0, 0.05) is 19.2 Å². The van der Waals surface area contributed by atoms with E-state index >= 15 is 0 Å². The number of aromatic nitrogens is 1. The van der Waals surface area contributed by atoms with Gasteiger partial charge in [-0.15, -0.1) is 0 Å². The van der Waals surface area contributed by atoms with Gasteiger partial charge in [-0.05, 0) is 24.2 Å². The molecule has 0 atom stereocenters. The smallest absolute Gasteiger partial charge is 0.251 e. The molecular formula is C14H19F3N2. The maximum absolute atomic E-state index is 13.6. The lowest BCUT2D eigenvalue weighted by Gasteiger charge is -2.39. The van der Waals surface area contributed by atoms with E-state index in [0.717, 1.165) is 12.8 Å². The Balaban J connectivity index is 2.12. The van der Waals surface area contributed by atoms with E-state index in [4.69, 9.17) is 0 Å². The summed E-state index contributed by atoms with van der Waals surface area (Å²) in [5, 5.41) is 0. The zero-order valence-electron chi connectivity index (χ0n) is 11.5. The topological polar surface area (TPSA) is 16.1 Å². The first-order valence-corrected chi connectivity index (χ1v) is 6.55. The second kappa shape index (κ2) is 5.02. The van der Waals surface area contributed by atoms with Crippen LogP contribution in [-0.2, 0) is 0 Å². The Kier molecular flexibility index (Phi) is 3.74. The van der Waals surface area contributed by atoms with Crippen molar-refractivity contribution in [2.24, 2.45) is 11.3 Å². The fourth-order valence-corrected chi connectivity index (χ4v) is 2.61. The molecule has 0 unspecified atom stereocenters. The van der Waals surface area contributed by atoms with Crippen LogP contribution in [-0.4, -0.2) is 18.1 Å². The number of piperidine rings is 1. The Bertz CT molecular complexity index is 460. The molecule has 2 rings (SSSR count). The van der Waals surface area contributed by atoms with Crippen molar-refractivity contribution in [1.82, 2.24) is 4.98 Å². The molecule has 0 aromatic carbocycles. The third-order valence-corrected chi connectivity index (χ3v) is 3.89. The Labute approximate surface area is 111 Å². The first-order chi connectivity index (χ1) is 8.79. The number of pyridine rings is 1. The first kappa shape index (κ1) is 14.2. The maximum atomic E-state index is 13.6. The van der Waals surface area contributed by atoms with Crippen molar-refractivity contribution in [1.29, 1.82) is 0 Å². The Hall–Kier alpha value is -1.26. The summed E-state index contributed by atoms with van der Waals surface area (Å²) in [4.78, 5) is 5.09. The quantitative estimate of drug-likeness (QED) is 0.724. The van der Waals surface area contributed by atoms with Gasteiger partial charge in [-0.1, -0.05) is 20.8 Å². The number of rotatable bonds is 1. The van der Waals surface area contributed by atoms with Gasteiger partial charge in [0.25, 0.3) is 5.95 Å². The second-order valence-corrected chi connectivity index (χ2v) is 6.19. The van der Waals surface area contributed by atoms with Crippen molar-refractivity contribution in [3.8, 4) is 0 Å². The Morgan fingerprint density at radius 3 is 2.21 bits per heavy atom. The van der Waals surface area contributed by atoms with Gasteiger partial charge >= 0.3 is 0 Å². The fourth-order valence-electron chi connectivity index (χ4n) is 2.61. The predicted octanol–water partition coefficient (Wildman–Crippen LogP) is 3.76. The molecule has 19 heavy (non-hydrogen) atoms. The molecular weight excluding hydrogens is 253 g/mol. The molecule has 0 bridgehead atoms. The van der Waals surface area contributed by atoms with Gasteiger partial charge in [0.2, 0.25) is 0 Å². The van der Waals surface area contributed by atoms with E-state index in [2.05, 4.69) is 25.8 Å². The lowest BCUT2D eigenvalue weighted by atomic mass is 9.75. The minimum absolute atomic E-state index is 0.0775. The number of hydrogen-bond donors (Lipinski definition) is 0. The summed E-state index contributed by atoms with van der Waals surface area (Å²) in [6, 6.07) is 0.563. The number of halogens is 3. The molecule has 1 fully saturated rings. The lowest BCUT2D eigenvalue weighted by Crippen LogP contribution is -2.39. The van der Waals surface area contributed by atoms with Gasteiger partial charge < -0.3 is 4.90 Å². The van der Waals surface area contributed by atoms with Gasteiger partial charge in [0.05, 0.1) is 0 Å². The Morgan fingerprint density at radius 1 is 1.11 bits per heavy atom. The molecule has 1 aromatic heterocycles. The van der Waals surface area contributed by atoms with E-state index in [-0.39, 0.29) is 11.2 Å². The van der Waals surface area contributed by atoms with Crippen LogP contribution < -0.4 is 4.90 Å². The molecule has 0 saturated carbocycles. The minimum Gasteiger partial charge on any atom is -0.354 e. The summed E-state index contributed by atoms with van der Waals surface area (Å²) >= 11 is 0. The normalized spacial score (nSPS) is 17.9. The molecule has 1 aromatic rings. The fraction of sp³-hybridized carbons (Fsp3) is 0.643. The molecule has 0 amide bonds. The lowest BCUT2D eigenvalue weighted by molar-refractivity contribution is 0.198. The summed E-state index contributed by atoms with van der Waals surface area (Å²) in [6.45, 7) is 7.80. The van der Waals surface area contributed by atoms with Gasteiger partial charge in [-0.25, -0.2) is 8.78 Å². The number of nitrogens with zero attached hydrogens (tertiary/aromatic N) is 2. The van der Waals surface area contributed by atoms with Crippen molar-refractivity contribution < 1.29 is 13.2 Å². The molecule has 1 aliphatic rings. The highest BCUT2D eigenvalue weighted by atomic mass is 19.2. The largest absolute Gasteiger partial charge is 0.354 e. The molecule has 106 valence electrons. The van der Waals surface area contributed by atoms with Crippen LogP contribution >= 0.6 is 0 Å². The van der Waals surface area contributed by atoms with Crippen LogP contribution in [0.25, 0.3) is 0 Å². The average molecular weight is 272 g/mol. The summed E-state index contributed by atoms with van der Waals surface area (Å²) in [5.74, 6) is -2.81. The van der Waals surface area contributed by atoms with Crippen LogP contribution in [0.2, 0.25) is 0 Å². The number of hydrogen-bond acceptors (Lipinski definition) is 2. The van der Waals surface area contributed by atoms with Crippen molar-refractivity contribution in [3.05, 3.63) is 23.6 Å². The van der Waals surface area contributed by atoms with E-state index in [1.165, 1.54) is 0 Å². The maximum Gasteiger partial charge on any atom is 0.251 e. The summed E-state index contributed by atoms with van der Waals surface area (Å²) in [7, 11) is 0. The molecule has 1 saturated heterocycles. The molecule has 5 heteroatoms. The molecule has 0 N–H and O–H groups in total. The standard InChI is InChI=1S/C14H19F3N2/c1-14(2,3)9-4-6-19(7-5-9)13-11(16)8-10(15)12(17)18-13/h8-9H,4-7H2,1-3H3. The van der Waals surface area contributed by atoms with Gasteiger partial charge in [0.1, 0.15) is 0 Å². The molecule has 1 aliphatic heterocycles. The minimum atomic E-state index is -1.24. The summed E-state index contributed by atoms with van der Waals surface area (Å²) in [6.07, 6.45) is 1.81. The zero-order valence-corrected chi connectivity index (χ0v) is 11.5. The third-order valence-electron chi connectivity index (χ3n) is 3.89. The van der Waals surface area contributed by atoms with Crippen LogP contribution in [0.5, 0.6) is 0 Å². The second-order valence-electron chi connectivity index (χ2n) is 6.19. The molecule has 0 radical (unpaired) electrons. The SMILES string of the molecule is CC(C)(C)C1CCN(c2nc(F)c(F)cc2F)CC1. The zero-order chi connectivity index (χ0) is 14.2. The van der Waals surface area contributed by atoms with Crippen LogP contribution in [0.15, 0.2) is 6.07 Å². The highest BCUT2D eigenvalue weighted by Crippen LogP contribution is 2.35. The van der Waals surface area contributed by atoms with E-state index in [1.807, 2.05) is 0 Å². The van der Waals surface area contributed by atoms with Crippen LogP contribution in [0.1, 0.15) is 33.6 Å². The first-order valence-electron chi connectivity index (χ1n) is 6.55. The van der Waals surface area contributed by atoms with E-state index in [0.29, 0.717) is 25.1 Å². The van der Waals surface area contributed by atoms with Gasteiger partial charge in [0.15, 0.2) is 17.5 Å². The number of anilines is 1. The summed E-state index contributed by atoms with van der Waals surface area (Å²) in [5.41, 5.74) is 0.214. The van der Waals surface area contributed by atoms with E-state index < -0.39 is 17.6 Å². The monoisotopic (exact) mass is 272 g/mol. The van der Waals surface area contributed by atoms with E-state index in [9.17, 15) is 13.2 Å². The van der Waals surface area contributed by atoms with Crippen molar-refractivity contribution >= 4 is 5.82 Å². The van der Waals surface area contributed by atoms with Gasteiger partial charge in [-0.2, -0.15) is 9.37 Å². The van der Waals surface area contributed by atoms with Crippen molar-refractivity contribution in [3.63, 3.8) is 0 Å².